The van der Waals surface area contributed by atoms with Gasteiger partial charge in [-0.25, -0.2) is 4.39 Å². The number of hydrogen-bond acceptors (Lipinski definition) is 7. The first-order valence-corrected chi connectivity index (χ1v) is 11.7. The summed E-state index contributed by atoms with van der Waals surface area (Å²) in [4.78, 5) is 12.5. The molecule has 0 aliphatic rings. The van der Waals surface area contributed by atoms with Gasteiger partial charge >= 0.3 is 0 Å². The average Bonchev–Trinajstić information content (AvgIpc) is 3.30. The molecule has 0 spiro atoms. The third-order valence-electron chi connectivity index (χ3n) is 5.03. The number of carbonyl (C=O) groups is 1. The number of halogens is 1. The Morgan fingerprint density at radius 1 is 0.886 bits per heavy atom. The highest BCUT2D eigenvalue weighted by Crippen LogP contribution is 2.25. The highest BCUT2D eigenvalue weighted by atomic mass is 32.2. The average molecular weight is 494 g/mol. The highest BCUT2D eigenvalue weighted by Gasteiger charge is 2.16. The number of nitrogens with one attached hydrogen (secondary N) is 2. The molecule has 35 heavy (non-hydrogen) atoms. The molecule has 0 atom stereocenters. The molecule has 4 rings (SSSR count). The van der Waals surface area contributed by atoms with Crippen LogP contribution in [-0.2, 0) is 11.3 Å². The quantitative estimate of drug-likeness (QED) is 0.308. The van der Waals surface area contributed by atoms with E-state index in [1.54, 1.807) is 50.6 Å². The Morgan fingerprint density at radius 2 is 1.49 bits per heavy atom. The summed E-state index contributed by atoms with van der Waals surface area (Å²) < 4.78 is 25.5. The zero-order chi connectivity index (χ0) is 24.6. The molecule has 1 amide bonds. The fraction of sp³-hybridized carbons (Fsp3) is 0.160. The lowest BCUT2D eigenvalue weighted by molar-refractivity contribution is -0.113. The number of thioether (sulfide) groups is 1. The molecular weight excluding hydrogens is 469 g/mol. The van der Waals surface area contributed by atoms with Crippen LogP contribution < -0.4 is 20.1 Å². The molecule has 1 aromatic heterocycles. The second kappa shape index (κ2) is 11.4. The maximum Gasteiger partial charge on any atom is 0.234 e. The van der Waals surface area contributed by atoms with Crippen molar-refractivity contribution in [2.75, 3.05) is 30.6 Å². The third kappa shape index (κ3) is 6.30. The summed E-state index contributed by atoms with van der Waals surface area (Å²) in [5.74, 6) is 1.75. The van der Waals surface area contributed by atoms with Gasteiger partial charge in [-0.3, -0.25) is 9.36 Å². The second-order valence-corrected chi connectivity index (χ2v) is 8.30. The van der Waals surface area contributed by atoms with E-state index in [1.165, 1.54) is 23.9 Å². The monoisotopic (exact) mass is 493 g/mol. The van der Waals surface area contributed by atoms with E-state index in [0.717, 1.165) is 17.1 Å². The van der Waals surface area contributed by atoms with Crippen LogP contribution in [0.15, 0.2) is 78.0 Å². The van der Waals surface area contributed by atoms with Gasteiger partial charge in [0.15, 0.2) is 11.0 Å². The molecule has 0 saturated carbocycles. The Kier molecular flexibility index (Phi) is 7.84. The molecule has 1 heterocycles. The molecule has 4 aromatic rings. The number of hydrogen-bond donors (Lipinski definition) is 2. The third-order valence-corrected chi connectivity index (χ3v) is 5.96. The molecule has 0 aliphatic heterocycles. The van der Waals surface area contributed by atoms with Crippen LogP contribution in [0, 0.1) is 5.82 Å². The lowest BCUT2D eigenvalue weighted by atomic mass is 10.3. The summed E-state index contributed by atoms with van der Waals surface area (Å²) in [6, 6.07) is 20.7. The van der Waals surface area contributed by atoms with Crippen LogP contribution in [0.4, 0.5) is 15.8 Å². The van der Waals surface area contributed by atoms with Crippen molar-refractivity contribution in [1.82, 2.24) is 14.8 Å². The molecule has 0 saturated heterocycles. The molecule has 180 valence electrons. The first kappa shape index (κ1) is 24.1. The summed E-state index contributed by atoms with van der Waals surface area (Å²) in [5, 5.41) is 15.3. The summed E-state index contributed by atoms with van der Waals surface area (Å²) in [6.45, 7) is 0.350. The van der Waals surface area contributed by atoms with Gasteiger partial charge in [0.05, 0.1) is 26.5 Å². The molecule has 8 nitrogen and oxygen atoms in total. The van der Waals surface area contributed by atoms with Crippen molar-refractivity contribution in [3.8, 4) is 17.2 Å². The van der Waals surface area contributed by atoms with Crippen LogP contribution in [0.5, 0.6) is 11.5 Å². The number of ether oxygens (including phenoxy) is 2. The number of carbonyl (C=O) groups excluding carboxylic acids is 1. The number of anilines is 2. The van der Waals surface area contributed by atoms with Crippen LogP contribution in [0.2, 0.25) is 0 Å². The molecule has 0 unspecified atom stereocenters. The minimum absolute atomic E-state index is 0.145. The van der Waals surface area contributed by atoms with Crippen molar-refractivity contribution in [2.24, 2.45) is 0 Å². The van der Waals surface area contributed by atoms with Gasteiger partial charge in [0.2, 0.25) is 5.91 Å². The zero-order valence-electron chi connectivity index (χ0n) is 19.2. The first-order valence-electron chi connectivity index (χ1n) is 10.7. The lowest BCUT2D eigenvalue weighted by Gasteiger charge is -2.12. The fourth-order valence-electron chi connectivity index (χ4n) is 3.25. The van der Waals surface area contributed by atoms with Gasteiger partial charge in [-0.15, -0.1) is 10.2 Å². The van der Waals surface area contributed by atoms with Gasteiger partial charge in [0.25, 0.3) is 0 Å². The summed E-state index contributed by atoms with van der Waals surface area (Å²) in [7, 11) is 3.20. The van der Waals surface area contributed by atoms with E-state index >= 15 is 0 Å². The first-order chi connectivity index (χ1) is 17.1. The molecule has 3 aromatic carbocycles. The van der Waals surface area contributed by atoms with Gasteiger partial charge in [-0.05, 0) is 72.8 Å². The van der Waals surface area contributed by atoms with Crippen LogP contribution in [-0.4, -0.2) is 40.6 Å². The normalized spacial score (nSPS) is 10.6. The van der Waals surface area contributed by atoms with Crippen LogP contribution >= 0.6 is 11.8 Å². The second-order valence-electron chi connectivity index (χ2n) is 7.36. The summed E-state index contributed by atoms with van der Waals surface area (Å²) in [6.07, 6.45) is 0. The van der Waals surface area contributed by atoms with Gasteiger partial charge < -0.3 is 20.1 Å². The van der Waals surface area contributed by atoms with Crippen molar-refractivity contribution >= 4 is 29.0 Å². The summed E-state index contributed by atoms with van der Waals surface area (Å²) >= 11 is 1.28. The number of nitrogens with zero attached hydrogens (tertiary/aromatic N) is 3. The van der Waals surface area contributed by atoms with E-state index in [0.29, 0.717) is 29.0 Å². The predicted molar refractivity (Wildman–Crippen MR) is 134 cm³/mol. The maximum absolute atomic E-state index is 13.2. The Hall–Kier alpha value is -4.05. The Labute approximate surface area is 206 Å². The van der Waals surface area contributed by atoms with E-state index in [1.807, 2.05) is 28.8 Å². The molecule has 0 aliphatic carbocycles. The van der Waals surface area contributed by atoms with Crippen molar-refractivity contribution in [3.05, 3.63) is 84.4 Å². The Balaban J connectivity index is 1.49. The Bertz CT molecular complexity index is 1260. The molecule has 0 fully saturated rings. The molecule has 2 N–H and O–H groups in total. The topological polar surface area (TPSA) is 90.3 Å². The number of benzene rings is 3. The van der Waals surface area contributed by atoms with E-state index in [2.05, 4.69) is 20.8 Å². The number of aromatic nitrogens is 3. The van der Waals surface area contributed by atoms with Gasteiger partial charge in [0, 0.05) is 17.1 Å². The van der Waals surface area contributed by atoms with Gasteiger partial charge in [-0.2, -0.15) is 0 Å². The van der Waals surface area contributed by atoms with Crippen molar-refractivity contribution < 1.29 is 18.7 Å². The van der Waals surface area contributed by atoms with E-state index in [-0.39, 0.29) is 17.5 Å². The molecule has 0 radical (unpaired) electrons. The largest absolute Gasteiger partial charge is 0.497 e. The molecule has 10 heteroatoms. The van der Waals surface area contributed by atoms with Gasteiger partial charge in [0.1, 0.15) is 17.3 Å². The van der Waals surface area contributed by atoms with E-state index < -0.39 is 0 Å². The van der Waals surface area contributed by atoms with Crippen molar-refractivity contribution in [2.45, 2.75) is 11.7 Å². The van der Waals surface area contributed by atoms with Crippen molar-refractivity contribution in [3.63, 3.8) is 0 Å². The maximum atomic E-state index is 13.2. The lowest BCUT2D eigenvalue weighted by Crippen LogP contribution is -2.15. The molecular formula is C25H24FN5O3S. The minimum atomic E-state index is -0.302. The number of rotatable bonds is 10. The predicted octanol–water partition coefficient (Wildman–Crippen LogP) is 4.77. The summed E-state index contributed by atoms with van der Waals surface area (Å²) in [5.41, 5.74) is 2.26. The standard InChI is InChI=1S/C25H24FN5O3S/c1-33-21-11-7-19(8-12-21)28-24(32)16-35-25-30-29-23(15-27-18-5-3-17(26)4-6-18)31(25)20-9-13-22(34-2)14-10-20/h3-14,27H,15-16H2,1-2H3,(H,28,32). The minimum Gasteiger partial charge on any atom is -0.497 e. The van der Waals surface area contributed by atoms with E-state index in [4.69, 9.17) is 9.47 Å². The number of amides is 1. The SMILES string of the molecule is COc1ccc(NC(=O)CSc2nnc(CNc3ccc(F)cc3)n2-c2ccc(OC)cc2)cc1. The zero-order valence-corrected chi connectivity index (χ0v) is 20.0. The van der Waals surface area contributed by atoms with Crippen LogP contribution in [0.25, 0.3) is 5.69 Å². The van der Waals surface area contributed by atoms with Gasteiger partial charge in [-0.1, -0.05) is 11.8 Å². The van der Waals surface area contributed by atoms with Crippen molar-refractivity contribution in [1.29, 1.82) is 0 Å². The molecule has 0 bridgehead atoms. The fourth-order valence-corrected chi connectivity index (χ4v) is 4.02. The van der Waals surface area contributed by atoms with Crippen LogP contribution in [0.1, 0.15) is 5.82 Å². The highest BCUT2D eigenvalue weighted by molar-refractivity contribution is 7.99. The van der Waals surface area contributed by atoms with E-state index in [9.17, 15) is 9.18 Å². The Morgan fingerprint density at radius 3 is 2.11 bits per heavy atom. The smallest absolute Gasteiger partial charge is 0.234 e. The number of methoxy groups -OCH3 is 2. The van der Waals surface area contributed by atoms with Crippen LogP contribution in [0.3, 0.4) is 0 Å².